The number of guanidine groups is 1. The second-order valence-electron chi connectivity index (χ2n) is 4.61. The zero-order valence-corrected chi connectivity index (χ0v) is 17.2. The molecule has 1 unspecified atom stereocenters. The first kappa shape index (κ1) is 21.7. The molecule has 22 heavy (non-hydrogen) atoms. The zero-order chi connectivity index (χ0) is 15.5. The van der Waals surface area contributed by atoms with Gasteiger partial charge in [0.05, 0.1) is 6.54 Å². The summed E-state index contributed by atoms with van der Waals surface area (Å²) < 4.78 is 5.80. The van der Waals surface area contributed by atoms with Crippen LogP contribution in [0.4, 0.5) is 0 Å². The minimum absolute atomic E-state index is 0. The Labute approximate surface area is 159 Å². The predicted octanol–water partition coefficient (Wildman–Crippen LogP) is 3.64. The zero-order valence-electron chi connectivity index (χ0n) is 13.3. The van der Waals surface area contributed by atoms with E-state index in [2.05, 4.69) is 21.9 Å². The van der Waals surface area contributed by atoms with Crippen LogP contribution in [-0.4, -0.2) is 44.2 Å². The highest BCUT2D eigenvalue weighted by Gasteiger charge is 2.05. The van der Waals surface area contributed by atoms with E-state index in [1.807, 2.05) is 43.0 Å². The summed E-state index contributed by atoms with van der Waals surface area (Å²) >= 11 is 7.70. The second-order valence-corrected chi connectivity index (χ2v) is 6.03. The molecule has 0 saturated heterocycles. The molecule has 0 spiro atoms. The van der Waals surface area contributed by atoms with E-state index >= 15 is 0 Å². The summed E-state index contributed by atoms with van der Waals surface area (Å²) in [7, 11) is 1.77. The molecule has 126 valence electrons. The highest BCUT2D eigenvalue weighted by Crippen LogP contribution is 2.16. The standard InChI is InChI=1S/C15H24ClN3OS.HI/c1-12(20-14-7-5-13(16)6-8-14)11-19-15(17-2)18-9-4-10-21-3;/h5-8,12H,4,9-11H2,1-3H3,(H2,17,18,19);1H. The average molecular weight is 458 g/mol. The van der Waals surface area contributed by atoms with E-state index in [9.17, 15) is 0 Å². The Bertz CT molecular complexity index is 431. The van der Waals surface area contributed by atoms with Gasteiger partial charge in [-0.3, -0.25) is 4.99 Å². The van der Waals surface area contributed by atoms with Crippen LogP contribution in [0.3, 0.4) is 0 Å². The SMILES string of the molecule is CN=C(NCCCSC)NCC(C)Oc1ccc(Cl)cc1.I. The van der Waals surface area contributed by atoms with Gasteiger partial charge in [-0.2, -0.15) is 11.8 Å². The molecule has 0 aliphatic heterocycles. The van der Waals surface area contributed by atoms with E-state index < -0.39 is 0 Å². The molecule has 7 heteroatoms. The summed E-state index contributed by atoms with van der Waals surface area (Å²) in [4.78, 5) is 4.19. The van der Waals surface area contributed by atoms with Crippen LogP contribution in [0.15, 0.2) is 29.3 Å². The van der Waals surface area contributed by atoms with Crippen LogP contribution in [0.1, 0.15) is 13.3 Å². The van der Waals surface area contributed by atoms with Crippen molar-refractivity contribution in [3.8, 4) is 5.75 Å². The summed E-state index contributed by atoms with van der Waals surface area (Å²) in [6.07, 6.45) is 3.28. The molecule has 0 aliphatic carbocycles. The number of hydrogen-bond donors (Lipinski definition) is 2. The second kappa shape index (κ2) is 13.1. The van der Waals surface area contributed by atoms with E-state index in [1.54, 1.807) is 7.05 Å². The lowest BCUT2D eigenvalue weighted by Crippen LogP contribution is -2.42. The predicted molar refractivity (Wildman–Crippen MR) is 109 cm³/mol. The molecule has 0 radical (unpaired) electrons. The van der Waals surface area contributed by atoms with Crippen LogP contribution < -0.4 is 15.4 Å². The molecule has 0 amide bonds. The van der Waals surface area contributed by atoms with Crippen molar-refractivity contribution in [2.75, 3.05) is 32.1 Å². The summed E-state index contributed by atoms with van der Waals surface area (Å²) in [6, 6.07) is 7.38. The third kappa shape index (κ3) is 9.63. The van der Waals surface area contributed by atoms with Crippen molar-refractivity contribution in [1.29, 1.82) is 0 Å². The summed E-state index contributed by atoms with van der Waals surface area (Å²) in [6.45, 7) is 3.63. The summed E-state index contributed by atoms with van der Waals surface area (Å²) in [5.41, 5.74) is 0. The van der Waals surface area contributed by atoms with E-state index in [0.717, 1.165) is 30.4 Å². The van der Waals surface area contributed by atoms with Gasteiger partial charge in [0, 0.05) is 18.6 Å². The van der Waals surface area contributed by atoms with Crippen molar-refractivity contribution >= 4 is 53.3 Å². The van der Waals surface area contributed by atoms with Crippen molar-refractivity contribution in [2.45, 2.75) is 19.4 Å². The number of halogens is 2. The normalized spacial score (nSPS) is 12.3. The lowest BCUT2D eigenvalue weighted by atomic mass is 10.3. The Morgan fingerprint density at radius 1 is 1.32 bits per heavy atom. The third-order valence-corrected chi connectivity index (χ3v) is 3.70. The van der Waals surface area contributed by atoms with Gasteiger partial charge < -0.3 is 15.4 Å². The van der Waals surface area contributed by atoms with Crippen molar-refractivity contribution in [3.63, 3.8) is 0 Å². The van der Waals surface area contributed by atoms with Crippen LogP contribution in [-0.2, 0) is 0 Å². The fourth-order valence-electron chi connectivity index (χ4n) is 1.67. The molecular formula is C15H25ClIN3OS. The summed E-state index contributed by atoms with van der Waals surface area (Å²) in [5, 5.41) is 7.25. The van der Waals surface area contributed by atoms with E-state index in [0.29, 0.717) is 11.6 Å². The van der Waals surface area contributed by atoms with Gasteiger partial charge in [0.2, 0.25) is 0 Å². The van der Waals surface area contributed by atoms with Crippen LogP contribution in [0.5, 0.6) is 5.75 Å². The minimum Gasteiger partial charge on any atom is -0.489 e. The molecule has 0 aliphatic rings. The van der Waals surface area contributed by atoms with Crippen molar-refractivity contribution < 1.29 is 4.74 Å². The Balaban J connectivity index is 0.00000441. The maximum atomic E-state index is 5.85. The van der Waals surface area contributed by atoms with Gasteiger partial charge in [-0.1, -0.05) is 11.6 Å². The van der Waals surface area contributed by atoms with Crippen molar-refractivity contribution in [2.24, 2.45) is 4.99 Å². The third-order valence-electron chi connectivity index (χ3n) is 2.75. The Hall–Kier alpha value is -0.340. The number of hydrogen-bond acceptors (Lipinski definition) is 3. The molecule has 0 saturated carbocycles. The minimum atomic E-state index is 0. The Morgan fingerprint density at radius 2 is 2.00 bits per heavy atom. The number of aliphatic imine (C=N–C) groups is 1. The average Bonchev–Trinajstić information content (AvgIpc) is 2.49. The maximum Gasteiger partial charge on any atom is 0.191 e. The van der Waals surface area contributed by atoms with E-state index in [4.69, 9.17) is 16.3 Å². The molecule has 1 aromatic rings. The van der Waals surface area contributed by atoms with Gasteiger partial charge in [-0.05, 0) is 49.6 Å². The van der Waals surface area contributed by atoms with E-state index in [-0.39, 0.29) is 30.1 Å². The number of rotatable bonds is 8. The van der Waals surface area contributed by atoms with Gasteiger partial charge in [-0.15, -0.1) is 24.0 Å². The first-order valence-electron chi connectivity index (χ1n) is 7.01. The number of ether oxygens (including phenoxy) is 1. The van der Waals surface area contributed by atoms with Gasteiger partial charge in [-0.25, -0.2) is 0 Å². The maximum absolute atomic E-state index is 5.85. The smallest absolute Gasteiger partial charge is 0.191 e. The van der Waals surface area contributed by atoms with E-state index in [1.165, 1.54) is 0 Å². The lowest BCUT2D eigenvalue weighted by Gasteiger charge is -2.17. The molecule has 1 atom stereocenters. The Morgan fingerprint density at radius 3 is 2.59 bits per heavy atom. The largest absolute Gasteiger partial charge is 0.489 e. The Kier molecular flexibility index (Phi) is 12.9. The number of nitrogens with one attached hydrogen (secondary N) is 2. The number of thioether (sulfide) groups is 1. The molecule has 1 aromatic carbocycles. The fourth-order valence-corrected chi connectivity index (χ4v) is 2.23. The van der Waals surface area contributed by atoms with Crippen LogP contribution in [0.2, 0.25) is 5.02 Å². The molecular weight excluding hydrogens is 433 g/mol. The monoisotopic (exact) mass is 457 g/mol. The topological polar surface area (TPSA) is 45.7 Å². The van der Waals surface area contributed by atoms with Crippen molar-refractivity contribution in [1.82, 2.24) is 10.6 Å². The van der Waals surface area contributed by atoms with Gasteiger partial charge >= 0.3 is 0 Å². The van der Waals surface area contributed by atoms with Crippen molar-refractivity contribution in [3.05, 3.63) is 29.3 Å². The first-order valence-corrected chi connectivity index (χ1v) is 8.78. The molecule has 2 N–H and O–H groups in total. The molecule has 0 aromatic heterocycles. The highest BCUT2D eigenvalue weighted by atomic mass is 127. The van der Waals surface area contributed by atoms with Gasteiger partial charge in [0.1, 0.15) is 11.9 Å². The van der Waals surface area contributed by atoms with Crippen LogP contribution in [0.25, 0.3) is 0 Å². The van der Waals surface area contributed by atoms with Gasteiger partial charge in [0.15, 0.2) is 5.96 Å². The highest BCUT2D eigenvalue weighted by molar-refractivity contribution is 14.0. The molecule has 0 heterocycles. The quantitative estimate of drug-likeness (QED) is 0.271. The van der Waals surface area contributed by atoms with Crippen LogP contribution >= 0.6 is 47.3 Å². The summed E-state index contributed by atoms with van der Waals surface area (Å²) in [5.74, 6) is 2.78. The fraction of sp³-hybridized carbons (Fsp3) is 0.533. The first-order chi connectivity index (χ1) is 10.2. The molecule has 1 rings (SSSR count). The molecule has 0 fully saturated rings. The molecule has 0 bridgehead atoms. The number of benzene rings is 1. The number of nitrogens with zero attached hydrogens (tertiary/aromatic N) is 1. The van der Waals surface area contributed by atoms with Crippen LogP contribution in [0, 0.1) is 0 Å². The molecule has 4 nitrogen and oxygen atoms in total. The van der Waals surface area contributed by atoms with Gasteiger partial charge in [0.25, 0.3) is 0 Å². The lowest BCUT2D eigenvalue weighted by molar-refractivity contribution is 0.224.